The van der Waals surface area contributed by atoms with Gasteiger partial charge in [0.25, 0.3) is 0 Å². The summed E-state index contributed by atoms with van der Waals surface area (Å²) in [5, 5.41) is 0.827. The summed E-state index contributed by atoms with van der Waals surface area (Å²) in [5.41, 5.74) is 3.69. The molecule has 0 bridgehead atoms. The van der Waals surface area contributed by atoms with E-state index < -0.39 is 0 Å². The molecule has 0 atom stereocenters. The van der Waals surface area contributed by atoms with Crippen LogP contribution in [0.4, 0.5) is 0 Å². The molecule has 0 saturated heterocycles. The Balaban J connectivity index is 1.80. The normalized spacial score (nSPS) is 14.0. The first kappa shape index (κ1) is 13.3. The Morgan fingerprint density at radius 2 is 1.62 bits per heavy atom. The molecular weight excluding hydrogens is 310 g/mol. The van der Waals surface area contributed by atoms with E-state index in [4.69, 9.17) is 18.9 Å². The van der Waals surface area contributed by atoms with E-state index in [-0.39, 0.29) is 12.6 Å². The average Bonchev–Trinajstić information content (AvgIpc) is 3.26. The molecule has 0 fully saturated rings. The van der Waals surface area contributed by atoms with Crippen LogP contribution in [0.15, 0.2) is 24.3 Å². The Labute approximate surface area is 136 Å². The van der Waals surface area contributed by atoms with Gasteiger partial charge in [-0.25, -0.2) is 0 Å². The lowest BCUT2D eigenvalue weighted by molar-refractivity contribution is 0.104. The van der Waals surface area contributed by atoms with Crippen molar-refractivity contribution in [3.8, 4) is 34.3 Å². The van der Waals surface area contributed by atoms with E-state index in [0.29, 0.717) is 34.1 Å². The summed E-state index contributed by atoms with van der Waals surface area (Å²) in [7, 11) is 3.13. The molecule has 0 amide bonds. The van der Waals surface area contributed by atoms with E-state index in [2.05, 4.69) is 4.98 Å². The summed E-state index contributed by atoms with van der Waals surface area (Å²) in [6.07, 6.45) is 0. The number of methoxy groups -OCH3 is 2. The second kappa shape index (κ2) is 4.44. The molecule has 1 N–H and O–H groups in total. The molecule has 0 saturated carbocycles. The molecule has 1 aliphatic carbocycles. The third-order valence-corrected chi connectivity index (χ3v) is 4.56. The van der Waals surface area contributed by atoms with Crippen LogP contribution in [0.5, 0.6) is 23.0 Å². The minimum atomic E-state index is -0.0360. The number of carbonyl (C=O) groups excluding carboxylic acids is 1. The summed E-state index contributed by atoms with van der Waals surface area (Å²) in [4.78, 5) is 16.3. The van der Waals surface area contributed by atoms with Crippen molar-refractivity contribution in [1.82, 2.24) is 4.98 Å². The number of nitrogens with one attached hydrogen (secondary N) is 1. The van der Waals surface area contributed by atoms with Crippen molar-refractivity contribution in [3.05, 3.63) is 35.4 Å². The molecule has 24 heavy (non-hydrogen) atoms. The van der Waals surface area contributed by atoms with Gasteiger partial charge in [0.05, 0.1) is 31.0 Å². The number of ether oxygens (including phenoxy) is 4. The van der Waals surface area contributed by atoms with Crippen LogP contribution in [0.25, 0.3) is 22.2 Å². The summed E-state index contributed by atoms with van der Waals surface area (Å²) in [6, 6.07) is 7.27. The highest BCUT2D eigenvalue weighted by molar-refractivity contribution is 6.27. The lowest BCUT2D eigenvalue weighted by Gasteiger charge is -2.09. The summed E-state index contributed by atoms with van der Waals surface area (Å²) in [5.74, 6) is 2.43. The lowest BCUT2D eigenvalue weighted by Crippen LogP contribution is -1.98. The van der Waals surface area contributed by atoms with Crippen molar-refractivity contribution in [2.45, 2.75) is 0 Å². The minimum absolute atomic E-state index is 0.0360. The zero-order valence-electron chi connectivity index (χ0n) is 13.1. The molecule has 0 radical (unpaired) electrons. The first-order chi connectivity index (χ1) is 11.7. The van der Waals surface area contributed by atoms with E-state index in [1.165, 1.54) is 0 Å². The predicted molar refractivity (Wildman–Crippen MR) is 86.4 cm³/mol. The van der Waals surface area contributed by atoms with E-state index in [0.717, 1.165) is 22.2 Å². The molecule has 0 spiro atoms. The molecule has 6 nitrogen and oxygen atoms in total. The quantitative estimate of drug-likeness (QED) is 0.614. The van der Waals surface area contributed by atoms with Gasteiger partial charge in [0.15, 0.2) is 28.8 Å². The Morgan fingerprint density at radius 3 is 2.33 bits per heavy atom. The van der Waals surface area contributed by atoms with Crippen molar-refractivity contribution in [2.24, 2.45) is 0 Å². The van der Waals surface area contributed by atoms with Gasteiger partial charge in [0.1, 0.15) is 0 Å². The number of carbonyl (C=O) groups is 1. The SMILES string of the molecule is COc1cc2c(cc1OC)-c1[nH]c3cc4c(cc3c1C2=O)OCO4. The molecule has 5 rings (SSSR count). The fourth-order valence-corrected chi connectivity index (χ4v) is 3.43. The van der Waals surface area contributed by atoms with Gasteiger partial charge in [-0.1, -0.05) is 0 Å². The number of ketones is 1. The number of hydrogen-bond acceptors (Lipinski definition) is 5. The highest BCUT2D eigenvalue weighted by Crippen LogP contribution is 2.47. The fourth-order valence-electron chi connectivity index (χ4n) is 3.43. The van der Waals surface area contributed by atoms with Crippen molar-refractivity contribution in [1.29, 1.82) is 0 Å². The van der Waals surface area contributed by atoms with Crippen molar-refractivity contribution < 1.29 is 23.7 Å². The second-order valence-corrected chi connectivity index (χ2v) is 5.71. The van der Waals surface area contributed by atoms with Gasteiger partial charge in [0.2, 0.25) is 6.79 Å². The van der Waals surface area contributed by atoms with Crippen LogP contribution in [0.2, 0.25) is 0 Å². The Hall–Kier alpha value is -3.15. The number of fused-ring (bicyclic) bond motifs is 6. The average molecular weight is 323 g/mol. The van der Waals surface area contributed by atoms with Crippen LogP contribution in [0.1, 0.15) is 15.9 Å². The van der Waals surface area contributed by atoms with Gasteiger partial charge in [-0.2, -0.15) is 0 Å². The molecule has 1 aromatic heterocycles. The molecule has 2 aromatic carbocycles. The largest absolute Gasteiger partial charge is 0.493 e. The van der Waals surface area contributed by atoms with E-state index >= 15 is 0 Å². The maximum Gasteiger partial charge on any atom is 0.231 e. The first-order valence-electron chi connectivity index (χ1n) is 7.47. The maximum atomic E-state index is 12.9. The van der Waals surface area contributed by atoms with Gasteiger partial charge in [-0.3, -0.25) is 4.79 Å². The van der Waals surface area contributed by atoms with E-state index in [1.807, 2.05) is 18.2 Å². The molecule has 3 aromatic rings. The maximum absolute atomic E-state index is 12.9. The fraction of sp³-hybridized carbons (Fsp3) is 0.167. The number of rotatable bonds is 2. The van der Waals surface area contributed by atoms with Crippen LogP contribution in [-0.2, 0) is 0 Å². The highest BCUT2D eigenvalue weighted by atomic mass is 16.7. The summed E-state index contributed by atoms with van der Waals surface area (Å²) >= 11 is 0. The summed E-state index contributed by atoms with van der Waals surface area (Å²) in [6.45, 7) is 0.201. The Morgan fingerprint density at radius 1 is 0.958 bits per heavy atom. The number of aromatic nitrogens is 1. The number of hydrogen-bond donors (Lipinski definition) is 1. The number of H-pyrrole nitrogens is 1. The van der Waals surface area contributed by atoms with Gasteiger partial charge in [-0.05, 0) is 18.2 Å². The van der Waals surface area contributed by atoms with Gasteiger partial charge < -0.3 is 23.9 Å². The Kier molecular flexibility index (Phi) is 2.46. The van der Waals surface area contributed by atoms with Crippen LogP contribution in [0, 0.1) is 0 Å². The predicted octanol–water partition coefficient (Wildman–Crippen LogP) is 3.13. The summed E-state index contributed by atoms with van der Waals surface area (Å²) < 4.78 is 21.5. The highest BCUT2D eigenvalue weighted by Gasteiger charge is 2.33. The zero-order chi connectivity index (χ0) is 16.4. The Bertz CT molecular complexity index is 1030. The number of aromatic amines is 1. The van der Waals surface area contributed by atoms with Crippen molar-refractivity contribution in [3.63, 3.8) is 0 Å². The smallest absolute Gasteiger partial charge is 0.231 e. The van der Waals surface area contributed by atoms with Crippen LogP contribution < -0.4 is 18.9 Å². The van der Waals surface area contributed by atoms with Crippen LogP contribution in [0.3, 0.4) is 0 Å². The lowest BCUT2D eigenvalue weighted by atomic mass is 10.1. The number of benzene rings is 2. The molecule has 0 unspecified atom stereocenters. The molecule has 2 aliphatic rings. The zero-order valence-corrected chi connectivity index (χ0v) is 13.1. The van der Waals surface area contributed by atoms with E-state index in [9.17, 15) is 4.79 Å². The van der Waals surface area contributed by atoms with E-state index in [1.54, 1.807) is 20.3 Å². The van der Waals surface area contributed by atoms with Gasteiger partial charge in [-0.15, -0.1) is 0 Å². The van der Waals surface area contributed by atoms with Gasteiger partial charge in [0, 0.05) is 22.6 Å². The third-order valence-electron chi connectivity index (χ3n) is 4.56. The molecular formula is C18H13NO5. The molecule has 1 aliphatic heterocycles. The monoisotopic (exact) mass is 323 g/mol. The standard InChI is InChI=1S/C18H13NO5/c1-21-12-3-8-9(4-13(12)22-2)18(20)16-10-5-14-15(24-7-23-14)6-11(10)19-17(8)16/h3-6,19H,7H2,1-2H3. The topological polar surface area (TPSA) is 69.8 Å². The second-order valence-electron chi connectivity index (χ2n) is 5.71. The van der Waals surface area contributed by atoms with Gasteiger partial charge >= 0.3 is 0 Å². The third kappa shape index (κ3) is 1.52. The minimum Gasteiger partial charge on any atom is -0.493 e. The van der Waals surface area contributed by atoms with Crippen LogP contribution >= 0.6 is 0 Å². The molecule has 2 heterocycles. The molecule has 120 valence electrons. The molecule has 6 heteroatoms. The van der Waals surface area contributed by atoms with Crippen LogP contribution in [-0.4, -0.2) is 31.8 Å². The van der Waals surface area contributed by atoms with Crippen molar-refractivity contribution >= 4 is 16.7 Å². The van der Waals surface area contributed by atoms with Crippen molar-refractivity contribution in [2.75, 3.05) is 21.0 Å². The first-order valence-corrected chi connectivity index (χ1v) is 7.47.